The second kappa shape index (κ2) is 5.50. The van der Waals surface area contributed by atoms with Crippen molar-refractivity contribution < 1.29 is 9.13 Å². The number of ether oxygens (including phenoxy) is 1. The van der Waals surface area contributed by atoms with Gasteiger partial charge in [-0.15, -0.1) is 6.58 Å². The molecule has 0 heterocycles. The van der Waals surface area contributed by atoms with Crippen molar-refractivity contribution in [3.05, 3.63) is 12.7 Å². The zero-order valence-electron chi connectivity index (χ0n) is 9.10. The van der Waals surface area contributed by atoms with Crippen LogP contribution in [0.1, 0.15) is 38.5 Å². The van der Waals surface area contributed by atoms with Gasteiger partial charge in [0.2, 0.25) is 0 Å². The monoisotopic (exact) mass is 200 g/mol. The van der Waals surface area contributed by atoms with Gasteiger partial charge >= 0.3 is 0 Å². The second-order valence-electron chi connectivity index (χ2n) is 4.34. The molecule has 82 valence electrons. The molecule has 0 aliphatic heterocycles. The molecule has 1 saturated carbocycles. The predicted octanol–water partition coefficient (Wildman–Crippen LogP) is 3.50. The average molecular weight is 200 g/mol. The Bertz CT molecular complexity index is 173. The summed E-state index contributed by atoms with van der Waals surface area (Å²) >= 11 is 0. The van der Waals surface area contributed by atoms with Gasteiger partial charge in [0, 0.05) is 12.5 Å². The van der Waals surface area contributed by atoms with Crippen LogP contribution < -0.4 is 0 Å². The summed E-state index contributed by atoms with van der Waals surface area (Å²) in [7, 11) is 1.67. The van der Waals surface area contributed by atoms with Crippen LogP contribution in [0.5, 0.6) is 0 Å². The summed E-state index contributed by atoms with van der Waals surface area (Å²) < 4.78 is 19.2. The van der Waals surface area contributed by atoms with Crippen LogP contribution in [0.2, 0.25) is 0 Å². The molecule has 0 aromatic heterocycles. The maximum absolute atomic E-state index is 14.0. The zero-order valence-corrected chi connectivity index (χ0v) is 9.10. The first-order valence-corrected chi connectivity index (χ1v) is 5.49. The lowest BCUT2D eigenvalue weighted by Crippen LogP contribution is -2.33. The van der Waals surface area contributed by atoms with Crippen molar-refractivity contribution in [2.45, 2.75) is 44.7 Å². The lowest BCUT2D eigenvalue weighted by atomic mass is 9.80. The maximum Gasteiger partial charge on any atom is 0.108 e. The van der Waals surface area contributed by atoms with Crippen LogP contribution in [-0.2, 0) is 4.74 Å². The Morgan fingerprint density at radius 3 is 2.64 bits per heavy atom. The van der Waals surface area contributed by atoms with E-state index in [1.165, 1.54) is 0 Å². The van der Waals surface area contributed by atoms with E-state index >= 15 is 0 Å². The highest BCUT2D eigenvalue weighted by Crippen LogP contribution is 2.44. The lowest BCUT2D eigenvalue weighted by Gasteiger charge is -2.31. The van der Waals surface area contributed by atoms with Crippen molar-refractivity contribution in [1.29, 1.82) is 0 Å². The van der Waals surface area contributed by atoms with Crippen molar-refractivity contribution >= 4 is 0 Å². The van der Waals surface area contributed by atoms with E-state index in [4.69, 9.17) is 4.74 Å². The summed E-state index contributed by atoms with van der Waals surface area (Å²) in [4.78, 5) is 0. The maximum atomic E-state index is 14.0. The minimum atomic E-state index is -0.719. The Labute approximate surface area is 86.3 Å². The standard InChI is InChI=1S/C12H21FO/c1-3-4-7-11(13)12(10-14-2)8-5-6-9-12/h3,11H,1,4-10H2,2H3/t11-/m1/s1. The van der Waals surface area contributed by atoms with E-state index in [9.17, 15) is 4.39 Å². The molecule has 0 N–H and O–H groups in total. The van der Waals surface area contributed by atoms with E-state index in [0.29, 0.717) is 13.0 Å². The average Bonchev–Trinajstić information content (AvgIpc) is 2.64. The minimum absolute atomic E-state index is 0.183. The lowest BCUT2D eigenvalue weighted by molar-refractivity contribution is 0.0133. The number of alkyl halides is 1. The van der Waals surface area contributed by atoms with Gasteiger partial charge in [-0.25, -0.2) is 4.39 Å². The molecule has 1 nitrogen and oxygen atoms in total. The van der Waals surface area contributed by atoms with Gasteiger partial charge in [0.25, 0.3) is 0 Å². The quantitative estimate of drug-likeness (QED) is 0.596. The Morgan fingerprint density at radius 1 is 1.50 bits per heavy atom. The fraction of sp³-hybridized carbons (Fsp3) is 0.833. The van der Waals surface area contributed by atoms with Crippen LogP contribution in [0.3, 0.4) is 0 Å². The molecule has 1 atom stereocenters. The summed E-state index contributed by atoms with van der Waals surface area (Å²) in [5, 5.41) is 0. The normalized spacial score (nSPS) is 22.1. The van der Waals surface area contributed by atoms with E-state index in [1.807, 2.05) is 0 Å². The summed E-state index contributed by atoms with van der Waals surface area (Å²) in [5.41, 5.74) is -0.183. The number of halogens is 1. The summed E-state index contributed by atoms with van der Waals surface area (Å²) in [5.74, 6) is 0. The molecular formula is C12H21FO. The Morgan fingerprint density at radius 2 is 2.14 bits per heavy atom. The molecule has 0 radical (unpaired) electrons. The smallest absolute Gasteiger partial charge is 0.108 e. The van der Waals surface area contributed by atoms with Gasteiger partial charge in [-0.05, 0) is 25.7 Å². The molecule has 0 saturated heterocycles. The van der Waals surface area contributed by atoms with Crippen molar-refractivity contribution in [3.8, 4) is 0 Å². The number of hydrogen-bond acceptors (Lipinski definition) is 1. The molecular weight excluding hydrogens is 179 g/mol. The third-order valence-electron chi connectivity index (χ3n) is 3.32. The van der Waals surface area contributed by atoms with E-state index in [0.717, 1.165) is 32.1 Å². The highest BCUT2D eigenvalue weighted by atomic mass is 19.1. The molecule has 0 aromatic rings. The molecule has 0 amide bonds. The Kier molecular flexibility index (Phi) is 4.59. The van der Waals surface area contributed by atoms with Gasteiger partial charge in [-0.1, -0.05) is 18.9 Å². The number of rotatable bonds is 6. The molecule has 1 aliphatic rings. The van der Waals surface area contributed by atoms with Crippen LogP contribution in [-0.4, -0.2) is 19.9 Å². The molecule has 1 fully saturated rings. The largest absolute Gasteiger partial charge is 0.384 e. The first kappa shape index (κ1) is 11.7. The molecule has 2 heteroatoms. The van der Waals surface area contributed by atoms with Gasteiger partial charge in [0.15, 0.2) is 0 Å². The van der Waals surface area contributed by atoms with Crippen LogP contribution in [0.25, 0.3) is 0 Å². The molecule has 14 heavy (non-hydrogen) atoms. The number of methoxy groups -OCH3 is 1. The van der Waals surface area contributed by atoms with Crippen LogP contribution in [0.15, 0.2) is 12.7 Å². The van der Waals surface area contributed by atoms with Crippen molar-refractivity contribution in [1.82, 2.24) is 0 Å². The predicted molar refractivity (Wildman–Crippen MR) is 57.1 cm³/mol. The molecule has 1 aliphatic carbocycles. The van der Waals surface area contributed by atoms with E-state index in [2.05, 4.69) is 6.58 Å². The van der Waals surface area contributed by atoms with E-state index in [1.54, 1.807) is 13.2 Å². The first-order chi connectivity index (χ1) is 6.75. The molecule has 0 unspecified atom stereocenters. The number of hydrogen-bond donors (Lipinski definition) is 0. The van der Waals surface area contributed by atoms with Crippen LogP contribution in [0, 0.1) is 5.41 Å². The Hall–Kier alpha value is -0.370. The van der Waals surface area contributed by atoms with Crippen LogP contribution in [0.4, 0.5) is 4.39 Å². The summed E-state index contributed by atoms with van der Waals surface area (Å²) in [6, 6.07) is 0. The second-order valence-corrected chi connectivity index (χ2v) is 4.34. The highest BCUT2D eigenvalue weighted by Gasteiger charge is 2.41. The zero-order chi connectivity index (χ0) is 10.4. The fourth-order valence-corrected chi connectivity index (χ4v) is 2.48. The molecule has 0 aromatic carbocycles. The van der Waals surface area contributed by atoms with Crippen molar-refractivity contribution in [3.63, 3.8) is 0 Å². The number of allylic oxidation sites excluding steroid dienone is 1. The van der Waals surface area contributed by atoms with Crippen molar-refractivity contribution in [2.75, 3.05) is 13.7 Å². The topological polar surface area (TPSA) is 9.23 Å². The SMILES string of the molecule is C=CCC[C@@H](F)C1(COC)CCCC1. The highest BCUT2D eigenvalue weighted by molar-refractivity contribution is 4.91. The van der Waals surface area contributed by atoms with Gasteiger partial charge < -0.3 is 4.74 Å². The molecule has 0 bridgehead atoms. The van der Waals surface area contributed by atoms with Crippen LogP contribution >= 0.6 is 0 Å². The summed E-state index contributed by atoms with van der Waals surface area (Å²) in [6.45, 7) is 4.20. The first-order valence-electron chi connectivity index (χ1n) is 5.49. The van der Waals surface area contributed by atoms with Gasteiger partial charge in [0.05, 0.1) is 6.61 Å². The third kappa shape index (κ3) is 2.57. The fourth-order valence-electron chi connectivity index (χ4n) is 2.48. The van der Waals surface area contributed by atoms with Gasteiger partial charge in [-0.3, -0.25) is 0 Å². The third-order valence-corrected chi connectivity index (χ3v) is 3.32. The van der Waals surface area contributed by atoms with Gasteiger partial charge in [0.1, 0.15) is 6.17 Å². The van der Waals surface area contributed by atoms with E-state index < -0.39 is 6.17 Å². The molecule has 1 rings (SSSR count). The Balaban J connectivity index is 2.51. The van der Waals surface area contributed by atoms with Crippen molar-refractivity contribution in [2.24, 2.45) is 5.41 Å². The minimum Gasteiger partial charge on any atom is -0.384 e. The van der Waals surface area contributed by atoms with E-state index in [-0.39, 0.29) is 5.41 Å². The summed E-state index contributed by atoms with van der Waals surface area (Å²) in [6.07, 6.45) is 6.72. The molecule has 0 spiro atoms. The van der Waals surface area contributed by atoms with Gasteiger partial charge in [-0.2, -0.15) is 0 Å².